The van der Waals surface area contributed by atoms with E-state index in [2.05, 4.69) is 9.39 Å². The molecule has 0 N–H and O–H groups in total. The average Bonchev–Trinajstić information content (AvgIpc) is 2.56. The number of sulfonamides is 1. The summed E-state index contributed by atoms with van der Waals surface area (Å²) in [4.78, 5) is 4.84. The highest BCUT2D eigenvalue weighted by atomic mass is 32.2. The van der Waals surface area contributed by atoms with Gasteiger partial charge in [0.05, 0.1) is 21.0 Å². The fourth-order valence-corrected chi connectivity index (χ4v) is 4.66. The van der Waals surface area contributed by atoms with Crippen molar-refractivity contribution in [2.24, 2.45) is 14.8 Å². The van der Waals surface area contributed by atoms with Gasteiger partial charge in [-0.3, -0.25) is 0 Å². The Morgan fingerprint density at radius 3 is 1.88 bits per heavy atom. The van der Waals surface area contributed by atoms with Crippen LogP contribution in [0.2, 0.25) is 0 Å². The van der Waals surface area contributed by atoms with E-state index in [0.29, 0.717) is 5.04 Å². The molecule has 0 radical (unpaired) electrons. The summed E-state index contributed by atoms with van der Waals surface area (Å²) < 4.78 is 29.0. The van der Waals surface area contributed by atoms with Gasteiger partial charge < -0.3 is 0 Å². The van der Waals surface area contributed by atoms with E-state index >= 15 is 0 Å². The van der Waals surface area contributed by atoms with Crippen LogP contribution in [0.4, 0.5) is 5.69 Å². The molecule has 0 amide bonds. The molecule has 1 fully saturated rings. The SMILES string of the molecule is Cc1ccc(N=C2S/C(=N\S(=O)(=O)c3ccc(C)cc3)C2(C)C)cc1. The first-order valence-corrected chi connectivity index (χ1v) is 10.2. The fraction of sp³-hybridized carbons (Fsp3) is 0.263. The minimum atomic E-state index is -3.70. The molecule has 0 bridgehead atoms. The maximum Gasteiger partial charge on any atom is 0.283 e. The van der Waals surface area contributed by atoms with Gasteiger partial charge >= 0.3 is 0 Å². The largest absolute Gasteiger partial charge is 0.283 e. The Hall–Kier alpha value is -1.92. The molecule has 25 heavy (non-hydrogen) atoms. The third kappa shape index (κ3) is 3.70. The first kappa shape index (κ1) is 17.9. The number of thioether (sulfide) groups is 1. The highest BCUT2D eigenvalue weighted by Crippen LogP contribution is 2.45. The monoisotopic (exact) mass is 372 g/mol. The van der Waals surface area contributed by atoms with Crippen molar-refractivity contribution in [2.75, 3.05) is 0 Å². The minimum absolute atomic E-state index is 0.214. The molecule has 3 rings (SSSR count). The van der Waals surface area contributed by atoms with Crippen molar-refractivity contribution < 1.29 is 8.42 Å². The molecule has 2 aromatic carbocycles. The number of aryl methyl sites for hydroxylation is 2. The fourth-order valence-electron chi connectivity index (χ4n) is 2.30. The summed E-state index contributed by atoms with van der Waals surface area (Å²) in [5.41, 5.74) is 2.57. The summed E-state index contributed by atoms with van der Waals surface area (Å²) in [6.45, 7) is 7.83. The number of hydrogen-bond donors (Lipinski definition) is 0. The topological polar surface area (TPSA) is 58.9 Å². The molecule has 0 aromatic heterocycles. The second kappa shape index (κ2) is 6.42. The van der Waals surface area contributed by atoms with Gasteiger partial charge in [-0.1, -0.05) is 47.2 Å². The standard InChI is InChI=1S/C19H20N2O2S2/c1-13-5-9-15(10-6-13)20-17-19(3,4)18(24-17)21-25(22,23)16-11-7-14(2)8-12-16/h5-12H,1-4H3/b20-17?,21-18-. The lowest BCUT2D eigenvalue weighted by atomic mass is 9.95. The summed E-state index contributed by atoms with van der Waals surface area (Å²) in [5.74, 6) is 0. The van der Waals surface area contributed by atoms with Crippen molar-refractivity contribution in [1.29, 1.82) is 0 Å². The van der Waals surface area contributed by atoms with Gasteiger partial charge in [-0.25, -0.2) is 4.99 Å². The molecule has 1 saturated heterocycles. The predicted molar refractivity (Wildman–Crippen MR) is 105 cm³/mol. The van der Waals surface area contributed by atoms with E-state index in [1.807, 2.05) is 52.0 Å². The van der Waals surface area contributed by atoms with Crippen LogP contribution in [-0.2, 0) is 10.0 Å². The van der Waals surface area contributed by atoms with Crippen LogP contribution in [-0.4, -0.2) is 18.5 Å². The van der Waals surface area contributed by atoms with Gasteiger partial charge in [-0.05, 0) is 52.0 Å². The first-order valence-electron chi connectivity index (χ1n) is 7.94. The first-order chi connectivity index (χ1) is 11.7. The molecule has 2 aromatic rings. The molecule has 4 nitrogen and oxygen atoms in total. The molecule has 0 unspecified atom stereocenters. The zero-order valence-corrected chi connectivity index (χ0v) is 16.3. The normalized spacial score (nSPS) is 19.8. The molecular formula is C19H20N2O2S2. The zero-order chi connectivity index (χ0) is 18.2. The quantitative estimate of drug-likeness (QED) is 0.770. The van der Waals surface area contributed by atoms with Crippen LogP contribution in [0.25, 0.3) is 0 Å². The maximum atomic E-state index is 12.5. The molecule has 6 heteroatoms. The molecule has 0 spiro atoms. The number of rotatable bonds is 3. The van der Waals surface area contributed by atoms with Crippen LogP contribution in [0.15, 0.2) is 62.8 Å². The lowest BCUT2D eigenvalue weighted by molar-refractivity contribution is 0.597. The van der Waals surface area contributed by atoms with Gasteiger partial charge in [0, 0.05) is 0 Å². The molecule has 130 valence electrons. The summed E-state index contributed by atoms with van der Waals surface area (Å²) >= 11 is 1.33. The van der Waals surface area contributed by atoms with E-state index in [4.69, 9.17) is 0 Å². The van der Waals surface area contributed by atoms with E-state index in [9.17, 15) is 8.42 Å². The van der Waals surface area contributed by atoms with E-state index in [1.165, 1.54) is 17.3 Å². The number of nitrogens with zero attached hydrogens (tertiary/aromatic N) is 2. The molecular weight excluding hydrogens is 352 g/mol. The van der Waals surface area contributed by atoms with Gasteiger partial charge in [0.2, 0.25) is 0 Å². The summed E-state index contributed by atoms with van der Waals surface area (Å²) in [5, 5.41) is 1.44. The smallest absolute Gasteiger partial charge is 0.245 e. The Morgan fingerprint density at radius 2 is 1.36 bits per heavy atom. The third-order valence-electron chi connectivity index (χ3n) is 4.05. The van der Waals surface area contributed by atoms with E-state index in [-0.39, 0.29) is 4.90 Å². The molecule has 1 heterocycles. The number of hydrogen-bond acceptors (Lipinski definition) is 4. The second-order valence-corrected chi connectivity index (χ2v) is 9.25. The Bertz CT molecular complexity index is 955. The van der Waals surface area contributed by atoms with Crippen molar-refractivity contribution in [3.63, 3.8) is 0 Å². The summed E-state index contributed by atoms with van der Waals surface area (Å²) in [6, 6.07) is 14.7. The van der Waals surface area contributed by atoms with Gasteiger partial charge in [0.25, 0.3) is 10.0 Å². The minimum Gasteiger partial charge on any atom is -0.245 e. The number of benzene rings is 2. The maximum absolute atomic E-state index is 12.5. The van der Waals surface area contributed by atoms with Crippen molar-refractivity contribution in [2.45, 2.75) is 32.6 Å². The molecule has 0 saturated carbocycles. The van der Waals surface area contributed by atoms with Crippen molar-refractivity contribution in [3.05, 3.63) is 59.7 Å². The van der Waals surface area contributed by atoms with E-state index < -0.39 is 15.4 Å². The Morgan fingerprint density at radius 1 is 0.840 bits per heavy atom. The predicted octanol–water partition coefficient (Wildman–Crippen LogP) is 4.89. The van der Waals surface area contributed by atoms with E-state index in [0.717, 1.165) is 16.3 Å². The van der Waals surface area contributed by atoms with Crippen molar-refractivity contribution >= 4 is 37.6 Å². The lowest BCUT2D eigenvalue weighted by Crippen LogP contribution is -2.41. The van der Waals surface area contributed by atoms with Gasteiger partial charge in [-0.2, -0.15) is 12.8 Å². The Labute approximate surface area is 153 Å². The van der Waals surface area contributed by atoms with Crippen LogP contribution < -0.4 is 0 Å². The van der Waals surface area contributed by atoms with E-state index in [1.54, 1.807) is 24.3 Å². The molecule has 0 aliphatic carbocycles. The third-order valence-corrected chi connectivity index (χ3v) is 7.05. The summed E-state index contributed by atoms with van der Waals surface area (Å²) in [6.07, 6.45) is 0. The highest BCUT2D eigenvalue weighted by molar-refractivity contribution is 8.30. The Balaban J connectivity index is 1.86. The van der Waals surface area contributed by atoms with Crippen LogP contribution >= 0.6 is 11.8 Å². The molecule has 1 aliphatic rings. The van der Waals surface area contributed by atoms with Gasteiger partial charge in [0.1, 0.15) is 5.04 Å². The lowest BCUT2D eigenvalue weighted by Gasteiger charge is -2.36. The highest BCUT2D eigenvalue weighted by Gasteiger charge is 2.44. The molecule has 1 aliphatic heterocycles. The summed E-state index contributed by atoms with van der Waals surface area (Å²) in [7, 11) is -3.70. The van der Waals surface area contributed by atoms with Crippen molar-refractivity contribution in [1.82, 2.24) is 0 Å². The second-order valence-electron chi connectivity index (χ2n) is 6.66. The molecule has 0 atom stereocenters. The average molecular weight is 373 g/mol. The zero-order valence-electron chi connectivity index (χ0n) is 14.6. The van der Waals surface area contributed by atoms with Crippen LogP contribution in [0.1, 0.15) is 25.0 Å². The number of aliphatic imine (C=N–C) groups is 1. The van der Waals surface area contributed by atoms with Crippen LogP contribution in [0.3, 0.4) is 0 Å². The Kier molecular flexibility index (Phi) is 4.60. The van der Waals surface area contributed by atoms with Crippen LogP contribution in [0.5, 0.6) is 0 Å². The van der Waals surface area contributed by atoms with Crippen LogP contribution in [0, 0.1) is 19.3 Å². The van der Waals surface area contributed by atoms with Crippen molar-refractivity contribution in [3.8, 4) is 0 Å². The van der Waals surface area contributed by atoms with Gasteiger partial charge in [0.15, 0.2) is 0 Å². The van der Waals surface area contributed by atoms with Gasteiger partial charge in [-0.15, -0.1) is 0 Å².